The van der Waals surface area contributed by atoms with Crippen LogP contribution < -0.4 is 0 Å². The van der Waals surface area contributed by atoms with Crippen molar-refractivity contribution in [1.29, 1.82) is 0 Å². The second kappa shape index (κ2) is 8.90. The highest BCUT2D eigenvalue weighted by molar-refractivity contribution is 5.84. The van der Waals surface area contributed by atoms with Crippen LogP contribution in [-0.4, -0.2) is 5.78 Å². The summed E-state index contributed by atoms with van der Waals surface area (Å²) in [5.74, 6) is 5.55. The third-order valence-corrected chi connectivity index (χ3v) is 13.7. The van der Waals surface area contributed by atoms with Crippen molar-refractivity contribution in [2.24, 2.45) is 69.0 Å². The van der Waals surface area contributed by atoms with Gasteiger partial charge in [-0.15, -0.1) is 0 Å². The van der Waals surface area contributed by atoms with Crippen molar-refractivity contribution >= 4 is 5.78 Å². The van der Waals surface area contributed by atoms with Gasteiger partial charge in [0.2, 0.25) is 0 Å². The van der Waals surface area contributed by atoms with E-state index in [0.29, 0.717) is 28.4 Å². The Morgan fingerprint density at radius 3 is 1.38 bits per heavy atom. The summed E-state index contributed by atoms with van der Waals surface area (Å²) in [5.41, 5.74) is 1.15. The van der Waals surface area contributed by atoms with Gasteiger partial charge in [0, 0.05) is 11.8 Å². The SMILES string of the molecule is CC1CC2CCCC(C)(C)C2CC1(C)C(C)C(=O)C(C)C1(C)CC2C(CCCC2(C)C)CC1C. The van der Waals surface area contributed by atoms with Crippen molar-refractivity contribution in [3.63, 3.8) is 0 Å². The molecular weight excluding hydrogens is 412 g/mol. The van der Waals surface area contributed by atoms with Crippen LogP contribution >= 0.6 is 0 Å². The summed E-state index contributed by atoms with van der Waals surface area (Å²) in [6, 6.07) is 0. The van der Waals surface area contributed by atoms with Crippen LogP contribution in [0, 0.1) is 69.0 Å². The predicted octanol–water partition coefficient (Wildman–Crippen LogP) is 9.59. The number of rotatable bonds is 4. The summed E-state index contributed by atoms with van der Waals surface area (Å²) in [7, 11) is 0. The molecule has 196 valence electrons. The van der Waals surface area contributed by atoms with Crippen molar-refractivity contribution in [3.8, 4) is 0 Å². The number of hydrogen-bond donors (Lipinski definition) is 0. The van der Waals surface area contributed by atoms with Gasteiger partial charge in [-0.05, 0) is 95.7 Å². The average molecular weight is 471 g/mol. The normalized spacial score (nSPS) is 47.7. The molecule has 4 aliphatic rings. The van der Waals surface area contributed by atoms with Crippen LogP contribution in [0.4, 0.5) is 0 Å². The fourth-order valence-corrected chi connectivity index (χ4v) is 10.2. The summed E-state index contributed by atoms with van der Waals surface area (Å²) in [4.78, 5) is 14.4. The zero-order valence-electron chi connectivity index (χ0n) is 24.6. The highest BCUT2D eigenvalue weighted by atomic mass is 16.1. The van der Waals surface area contributed by atoms with Crippen LogP contribution in [-0.2, 0) is 4.79 Å². The molecule has 1 nitrogen and oxygen atoms in total. The van der Waals surface area contributed by atoms with Crippen LogP contribution in [0.25, 0.3) is 0 Å². The fraction of sp³-hybridized carbons (Fsp3) is 0.970. The van der Waals surface area contributed by atoms with Crippen molar-refractivity contribution in [2.45, 2.75) is 133 Å². The molecule has 1 heteroatoms. The second-order valence-corrected chi connectivity index (χ2v) is 16.0. The lowest BCUT2D eigenvalue weighted by Crippen LogP contribution is -2.53. The smallest absolute Gasteiger partial charge is 0.139 e. The van der Waals surface area contributed by atoms with E-state index >= 15 is 0 Å². The summed E-state index contributed by atoms with van der Waals surface area (Å²) < 4.78 is 0. The Balaban J connectivity index is 1.55. The number of Topliss-reactive ketones (excluding diaryl/α,β-unsaturated/α-hetero) is 1. The largest absolute Gasteiger partial charge is 0.299 e. The second-order valence-electron chi connectivity index (χ2n) is 16.0. The molecule has 0 N–H and O–H groups in total. The molecule has 0 radical (unpaired) electrons. The lowest BCUT2D eigenvalue weighted by atomic mass is 9.46. The Morgan fingerprint density at radius 2 is 1.03 bits per heavy atom. The zero-order chi connectivity index (χ0) is 25.3. The van der Waals surface area contributed by atoms with Gasteiger partial charge in [-0.3, -0.25) is 4.79 Å². The number of carbonyl (C=O) groups is 1. The molecule has 4 fully saturated rings. The minimum absolute atomic E-state index is 0.141. The Bertz CT molecular complexity index is 701. The van der Waals surface area contributed by atoms with E-state index in [1.807, 2.05) is 0 Å². The van der Waals surface area contributed by atoms with E-state index in [2.05, 4.69) is 69.2 Å². The Labute approximate surface area is 213 Å². The van der Waals surface area contributed by atoms with E-state index in [1.54, 1.807) is 0 Å². The highest BCUT2D eigenvalue weighted by Crippen LogP contribution is 2.62. The van der Waals surface area contributed by atoms with Gasteiger partial charge in [0.15, 0.2) is 0 Å². The molecule has 0 bridgehead atoms. The summed E-state index contributed by atoms with van der Waals surface area (Å²) in [6.07, 6.45) is 13.6. The van der Waals surface area contributed by atoms with Crippen molar-refractivity contribution in [1.82, 2.24) is 0 Å². The number of ketones is 1. The minimum Gasteiger partial charge on any atom is -0.299 e. The molecule has 0 aromatic carbocycles. The maximum absolute atomic E-state index is 14.4. The third-order valence-electron chi connectivity index (χ3n) is 13.7. The summed E-state index contributed by atoms with van der Waals surface area (Å²) in [5, 5.41) is 0. The van der Waals surface area contributed by atoms with E-state index in [1.165, 1.54) is 64.2 Å². The summed E-state index contributed by atoms with van der Waals surface area (Å²) in [6.45, 7) is 24.7. The van der Waals surface area contributed by atoms with E-state index in [9.17, 15) is 4.79 Å². The molecule has 4 rings (SSSR count). The lowest BCUT2D eigenvalue weighted by Gasteiger charge is -2.58. The minimum atomic E-state index is 0.141. The Kier molecular flexibility index (Phi) is 7.00. The molecule has 0 saturated heterocycles. The third kappa shape index (κ3) is 4.26. The fourth-order valence-electron chi connectivity index (χ4n) is 10.2. The molecule has 4 aliphatic carbocycles. The van der Waals surface area contributed by atoms with Gasteiger partial charge < -0.3 is 0 Å². The molecule has 10 atom stereocenters. The first-order valence-electron chi connectivity index (χ1n) is 15.2. The van der Waals surface area contributed by atoms with Gasteiger partial charge in [0.1, 0.15) is 5.78 Å². The molecule has 0 heterocycles. The molecule has 0 aliphatic heterocycles. The van der Waals surface area contributed by atoms with Crippen LogP contribution in [0.2, 0.25) is 0 Å². The molecule has 10 unspecified atom stereocenters. The van der Waals surface area contributed by atoms with E-state index in [0.717, 1.165) is 23.7 Å². The first-order chi connectivity index (χ1) is 15.6. The van der Waals surface area contributed by atoms with Crippen molar-refractivity contribution in [3.05, 3.63) is 0 Å². The van der Waals surface area contributed by atoms with Gasteiger partial charge in [-0.2, -0.15) is 0 Å². The molecule has 4 saturated carbocycles. The molecule has 34 heavy (non-hydrogen) atoms. The monoisotopic (exact) mass is 470 g/mol. The van der Waals surface area contributed by atoms with Gasteiger partial charge >= 0.3 is 0 Å². The Hall–Kier alpha value is -0.330. The lowest BCUT2D eigenvalue weighted by molar-refractivity contribution is -0.147. The maximum Gasteiger partial charge on any atom is 0.139 e. The number of carbonyl (C=O) groups excluding carboxylic acids is 1. The summed E-state index contributed by atoms with van der Waals surface area (Å²) >= 11 is 0. The van der Waals surface area contributed by atoms with Crippen LogP contribution in [0.5, 0.6) is 0 Å². The molecule has 0 aromatic rings. The van der Waals surface area contributed by atoms with Gasteiger partial charge in [-0.1, -0.05) is 94.9 Å². The van der Waals surface area contributed by atoms with Crippen molar-refractivity contribution < 1.29 is 4.79 Å². The molecule has 0 amide bonds. The first kappa shape index (κ1) is 26.7. The first-order valence-corrected chi connectivity index (χ1v) is 15.2. The Morgan fingerprint density at radius 1 is 0.676 bits per heavy atom. The topological polar surface area (TPSA) is 17.1 Å². The van der Waals surface area contributed by atoms with Crippen molar-refractivity contribution in [2.75, 3.05) is 0 Å². The van der Waals surface area contributed by atoms with Gasteiger partial charge in [0.05, 0.1) is 0 Å². The maximum atomic E-state index is 14.4. The van der Waals surface area contributed by atoms with Gasteiger partial charge in [0.25, 0.3) is 0 Å². The quantitative estimate of drug-likeness (QED) is 0.399. The highest BCUT2D eigenvalue weighted by Gasteiger charge is 2.56. The van der Waals surface area contributed by atoms with E-state index in [-0.39, 0.29) is 22.7 Å². The number of hydrogen-bond acceptors (Lipinski definition) is 1. The zero-order valence-corrected chi connectivity index (χ0v) is 24.6. The van der Waals surface area contributed by atoms with E-state index in [4.69, 9.17) is 0 Å². The standard InChI is InChI=1S/C33H58O/c1-21-17-25-13-11-15-30(5,6)27(25)19-32(21,9)23(3)29(34)24(4)33(10)20-28-26(18-22(33)2)14-12-16-31(28,7)8/h21-28H,11-20H2,1-10H3. The van der Waals surface area contributed by atoms with E-state index < -0.39 is 0 Å². The molecule has 0 spiro atoms. The average Bonchev–Trinajstić information content (AvgIpc) is 2.75. The molecular formula is C33H58O. The predicted molar refractivity (Wildman–Crippen MR) is 146 cm³/mol. The number of fused-ring (bicyclic) bond motifs is 2. The van der Waals surface area contributed by atoms with Crippen LogP contribution in [0.3, 0.4) is 0 Å². The van der Waals surface area contributed by atoms with Crippen LogP contribution in [0.15, 0.2) is 0 Å². The van der Waals surface area contributed by atoms with Crippen LogP contribution in [0.1, 0.15) is 133 Å². The van der Waals surface area contributed by atoms with Gasteiger partial charge in [-0.25, -0.2) is 0 Å². The molecule has 0 aromatic heterocycles.